The normalized spacial score (nSPS) is 24.9. The fourth-order valence-electron chi connectivity index (χ4n) is 2.41. The lowest BCUT2D eigenvalue weighted by Crippen LogP contribution is -2.58. The number of hydrogen-bond acceptors (Lipinski definition) is 3. The summed E-state index contributed by atoms with van der Waals surface area (Å²) in [6.45, 7) is 3.50. The van der Waals surface area contributed by atoms with E-state index in [9.17, 15) is 4.79 Å². The molecule has 1 saturated heterocycles. The van der Waals surface area contributed by atoms with Gasteiger partial charge in [-0.15, -0.1) is 0 Å². The van der Waals surface area contributed by atoms with Gasteiger partial charge in [-0.3, -0.25) is 4.79 Å². The van der Waals surface area contributed by atoms with Crippen LogP contribution < -0.4 is 5.73 Å². The monoisotopic (exact) mass is 241 g/mol. The van der Waals surface area contributed by atoms with Gasteiger partial charge in [0.1, 0.15) is 0 Å². The van der Waals surface area contributed by atoms with Crippen LogP contribution in [0.4, 0.5) is 0 Å². The summed E-state index contributed by atoms with van der Waals surface area (Å²) in [4.78, 5) is 16.9. The van der Waals surface area contributed by atoms with Gasteiger partial charge in [0.25, 0.3) is 0 Å². The maximum absolute atomic E-state index is 12.4. The first-order chi connectivity index (χ1) is 7.56. The summed E-state index contributed by atoms with van der Waals surface area (Å²) in [7, 11) is 2.08. The molecule has 0 radical (unpaired) electrons. The van der Waals surface area contributed by atoms with Crippen LogP contribution in [-0.2, 0) is 4.79 Å². The zero-order chi connectivity index (χ0) is 11.8. The van der Waals surface area contributed by atoms with Crippen LogP contribution >= 0.6 is 12.2 Å². The van der Waals surface area contributed by atoms with Gasteiger partial charge in [-0.25, -0.2) is 0 Å². The molecular weight excluding hydrogens is 222 g/mol. The van der Waals surface area contributed by atoms with Gasteiger partial charge in [0, 0.05) is 26.2 Å². The fourth-order valence-corrected chi connectivity index (χ4v) is 2.70. The van der Waals surface area contributed by atoms with E-state index in [4.69, 9.17) is 18.0 Å². The Bertz CT molecular complexity index is 306. The molecule has 2 aliphatic rings. The first-order valence-corrected chi connectivity index (χ1v) is 6.25. The van der Waals surface area contributed by atoms with Crippen molar-refractivity contribution in [1.82, 2.24) is 9.80 Å². The van der Waals surface area contributed by atoms with Crippen LogP contribution in [0.5, 0.6) is 0 Å². The van der Waals surface area contributed by atoms with Gasteiger partial charge in [0.15, 0.2) is 0 Å². The molecule has 0 atom stereocenters. The number of thiocarbonyl (C=S) groups is 1. The minimum absolute atomic E-state index is 0.166. The summed E-state index contributed by atoms with van der Waals surface area (Å²) in [6, 6.07) is 0. The molecule has 0 spiro atoms. The van der Waals surface area contributed by atoms with Crippen LogP contribution in [0.3, 0.4) is 0 Å². The topological polar surface area (TPSA) is 49.6 Å². The predicted octanol–water partition coefficient (Wildman–Crippen LogP) is 0.217. The lowest BCUT2D eigenvalue weighted by molar-refractivity contribution is -0.143. The number of carbonyl (C=O) groups excluding carboxylic acids is 1. The van der Waals surface area contributed by atoms with Crippen molar-refractivity contribution < 1.29 is 4.79 Å². The first-order valence-electron chi connectivity index (χ1n) is 5.84. The van der Waals surface area contributed by atoms with E-state index in [1.165, 1.54) is 0 Å². The van der Waals surface area contributed by atoms with Crippen LogP contribution in [0.15, 0.2) is 0 Å². The van der Waals surface area contributed by atoms with Gasteiger partial charge in [-0.05, 0) is 19.9 Å². The zero-order valence-electron chi connectivity index (χ0n) is 9.74. The smallest absolute Gasteiger partial charge is 0.235 e. The lowest BCUT2D eigenvalue weighted by Gasteiger charge is -2.44. The van der Waals surface area contributed by atoms with Crippen LogP contribution in [0.25, 0.3) is 0 Å². The molecule has 4 nitrogen and oxygen atoms in total. The number of likely N-dealkylation sites (N-methyl/N-ethyl adjacent to an activating group) is 1. The van der Waals surface area contributed by atoms with Crippen LogP contribution in [0.2, 0.25) is 0 Å². The summed E-state index contributed by atoms with van der Waals surface area (Å²) in [5.74, 6) is 0.166. The maximum atomic E-state index is 12.4. The quantitative estimate of drug-likeness (QED) is 0.703. The van der Waals surface area contributed by atoms with Crippen LogP contribution in [0, 0.1) is 5.41 Å². The summed E-state index contributed by atoms with van der Waals surface area (Å²) < 4.78 is 0. The van der Waals surface area contributed by atoms with Gasteiger partial charge in [0.05, 0.1) is 10.4 Å². The molecule has 0 aromatic carbocycles. The van der Waals surface area contributed by atoms with Gasteiger partial charge >= 0.3 is 0 Å². The SMILES string of the molecule is CN1CCN(C(=O)C2(C(N)=S)CCC2)CC1. The summed E-state index contributed by atoms with van der Waals surface area (Å²) in [5, 5.41) is 0. The van der Waals surface area contributed by atoms with Gasteiger partial charge in [0.2, 0.25) is 5.91 Å². The van der Waals surface area contributed by atoms with E-state index >= 15 is 0 Å². The van der Waals surface area contributed by atoms with Crippen molar-refractivity contribution in [3.8, 4) is 0 Å². The van der Waals surface area contributed by atoms with Gasteiger partial charge in [-0.1, -0.05) is 18.6 Å². The van der Waals surface area contributed by atoms with Crippen molar-refractivity contribution in [2.75, 3.05) is 33.2 Å². The van der Waals surface area contributed by atoms with Crippen molar-refractivity contribution in [3.05, 3.63) is 0 Å². The molecular formula is C11H19N3OS. The highest BCUT2D eigenvalue weighted by Gasteiger charge is 2.49. The molecule has 16 heavy (non-hydrogen) atoms. The highest BCUT2D eigenvalue weighted by atomic mass is 32.1. The molecule has 0 bridgehead atoms. The second-order valence-corrected chi connectivity index (χ2v) is 5.34. The Morgan fingerprint density at radius 2 is 1.81 bits per heavy atom. The Kier molecular flexibility index (Phi) is 3.17. The van der Waals surface area contributed by atoms with Crippen molar-refractivity contribution >= 4 is 23.1 Å². The second-order valence-electron chi connectivity index (χ2n) is 4.90. The molecule has 2 N–H and O–H groups in total. The van der Waals surface area contributed by atoms with Crippen molar-refractivity contribution in [3.63, 3.8) is 0 Å². The highest BCUT2D eigenvalue weighted by Crippen LogP contribution is 2.43. The Labute approximate surface area is 102 Å². The Hall–Kier alpha value is -0.680. The lowest BCUT2D eigenvalue weighted by atomic mass is 9.67. The van der Waals surface area contributed by atoms with Crippen molar-refractivity contribution in [2.45, 2.75) is 19.3 Å². The fraction of sp³-hybridized carbons (Fsp3) is 0.818. The Balaban J connectivity index is 2.04. The van der Waals surface area contributed by atoms with E-state index in [1.54, 1.807) is 0 Å². The molecule has 5 heteroatoms. The average molecular weight is 241 g/mol. The largest absolute Gasteiger partial charge is 0.392 e. The van der Waals surface area contributed by atoms with E-state index in [0.29, 0.717) is 4.99 Å². The maximum Gasteiger partial charge on any atom is 0.235 e. The van der Waals surface area contributed by atoms with E-state index < -0.39 is 5.41 Å². The molecule has 1 saturated carbocycles. The number of piperazine rings is 1. The van der Waals surface area contributed by atoms with Crippen LogP contribution in [0.1, 0.15) is 19.3 Å². The first kappa shape index (κ1) is 11.8. The molecule has 1 amide bonds. The minimum Gasteiger partial charge on any atom is -0.392 e. The molecule has 0 unspecified atom stereocenters. The van der Waals surface area contributed by atoms with Crippen molar-refractivity contribution in [2.24, 2.45) is 11.1 Å². The summed E-state index contributed by atoms with van der Waals surface area (Å²) >= 11 is 5.07. The number of hydrogen-bond donors (Lipinski definition) is 1. The van der Waals surface area contributed by atoms with E-state index in [-0.39, 0.29) is 5.91 Å². The Morgan fingerprint density at radius 1 is 1.25 bits per heavy atom. The molecule has 1 heterocycles. The van der Waals surface area contributed by atoms with E-state index in [0.717, 1.165) is 45.4 Å². The van der Waals surface area contributed by atoms with Crippen LogP contribution in [-0.4, -0.2) is 53.9 Å². The van der Waals surface area contributed by atoms with Gasteiger partial charge in [-0.2, -0.15) is 0 Å². The average Bonchev–Trinajstić information content (AvgIpc) is 2.16. The zero-order valence-corrected chi connectivity index (χ0v) is 10.6. The number of carbonyl (C=O) groups is 1. The number of nitrogens with two attached hydrogens (primary N) is 1. The standard InChI is InChI=1S/C11H19N3OS/c1-13-5-7-14(8-6-13)10(15)11(9(12)16)3-2-4-11/h2-8H2,1H3,(H2,12,16). The molecule has 1 aliphatic carbocycles. The van der Waals surface area contributed by atoms with Gasteiger partial charge < -0.3 is 15.5 Å². The van der Waals surface area contributed by atoms with E-state index in [2.05, 4.69) is 11.9 Å². The third kappa shape index (κ3) is 1.82. The number of amides is 1. The molecule has 0 aromatic heterocycles. The third-order valence-electron chi connectivity index (χ3n) is 3.88. The molecule has 2 rings (SSSR count). The van der Waals surface area contributed by atoms with E-state index in [1.807, 2.05) is 4.90 Å². The molecule has 90 valence electrons. The summed E-state index contributed by atoms with van der Waals surface area (Å²) in [6.07, 6.45) is 2.75. The summed E-state index contributed by atoms with van der Waals surface area (Å²) in [5.41, 5.74) is 5.25. The number of nitrogens with zero attached hydrogens (tertiary/aromatic N) is 2. The Morgan fingerprint density at radius 3 is 2.19 bits per heavy atom. The third-order valence-corrected chi connectivity index (χ3v) is 4.27. The number of rotatable bonds is 2. The highest BCUT2D eigenvalue weighted by molar-refractivity contribution is 7.80. The molecule has 0 aromatic rings. The van der Waals surface area contributed by atoms with Crippen molar-refractivity contribution in [1.29, 1.82) is 0 Å². The molecule has 2 fully saturated rings. The second kappa shape index (κ2) is 4.30. The molecule has 1 aliphatic heterocycles. The predicted molar refractivity (Wildman–Crippen MR) is 67.1 cm³/mol. The minimum atomic E-state index is -0.495.